The first-order valence-electron chi connectivity index (χ1n) is 17.9. The van der Waals surface area contributed by atoms with E-state index < -0.39 is 0 Å². The maximum absolute atomic E-state index is 2.42. The quantitative estimate of drug-likeness (QED) is 0.178. The molecule has 0 spiro atoms. The minimum Gasteiger partial charge on any atom is -0.309 e. The first-order chi connectivity index (χ1) is 25.7. The van der Waals surface area contributed by atoms with E-state index >= 15 is 0 Å². The van der Waals surface area contributed by atoms with Crippen LogP contribution < -0.4 is 0 Å². The molecule has 8 aromatic carbocycles. The van der Waals surface area contributed by atoms with Crippen molar-refractivity contribution >= 4 is 65.4 Å². The molecule has 3 heterocycles. The number of aryl methyl sites for hydroxylation is 1. The molecular weight excluding hydrogens is 631 g/mol. The summed E-state index contributed by atoms with van der Waals surface area (Å²) in [6, 6.07) is 66.5. The summed E-state index contributed by atoms with van der Waals surface area (Å²) in [7, 11) is 0. The van der Waals surface area contributed by atoms with Gasteiger partial charge in [0.05, 0.1) is 33.1 Å². The van der Waals surface area contributed by atoms with E-state index in [0.29, 0.717) is 0 Å². The monoisotopic (exact) mass is 663 g/mol. The number of rotatable bonds is 4. The van der Waals surface area contributed by atoms with Gasteiger partial charge in [0.1, 0.15) is 0 Å². The fourth-order valence-corrected chi connectivity index (χ4v) is 8.63. The van der Waals surface area contributed by atoms with E-state index in [0.717, 1.165) is 11.4 Å². The number of para-hydroxylation sites is 5. The van der Waals surface area contributed by atoms with Crippen molar-refractivity contribution in [2.75, 3.05) is 0 Å². The highest BCUT2D eigenvalue weighted by atomic mass is 15.0. The lowest BCUT2D eigenvalue weighted by Crippen LogP contribution is -1.98. The summed E-state index contributed by atoms with van der Waals surface area (Å²) in [4.78, 5) is 0. The van der Waals surface area contributed by atoms with Crippen LogP contribution in [0.2, 0.25) is 0 Å². The number of fused-ring (bicyclic) bond motifs is 9. The highest BCUT2D eigenvalue weighted by Crippen LogP contribution is 2.39. The Hall–Kier alpha value is -6.84. The fraction of sp³-hybridized carbons (Fsp3) is 0.0204. The van der Waals surface area contributed by atoms with Gasteiger partial charge in [-0.15, -0.1) is 0 Å². The second kappa shape index (κ2) is 11.1. The molecule has 244 valence electrons. The Labute approximate surface area is 300 Å². The van der Waals surface area contributed by atoms with Crippen LogP contribution in [0.3, 0.4) is 0 Å². The van der Waals surface area contributed by atoms with Crippen LogP contribution in [-0.4, -0.2) is 13.7 Å². The average Bonchev–Trinajstić information content (AvgIpc) is 3.83. The zero-order valence-electron chi connectivity index (χ0n) is 28.7. The zero-order valence-corrected chi connectivity index (χ0v) is 28.7. The Morgan fingerprint density at radius 3 is 1.17 bits per heavy atom. The predicted octanol–water partition coefficient (Wildman–Crippen LogP) is 13.0. The lowest BCUT2D eigenvalue weighted by molar-refractivity contribution is 1.13. The number of benzene rings is 8. The van der Waals surface area contributed by atoms with Gasteiger partial charge in [-0.3, -0.25) is 0 Å². The molecule has 3 heteroatoms. The van der Waals surface area contributed by atoms with Gasteiger partial charge in [-0.25, -0.2) is 0 Å². The fourth-order valence-electron chi connectivity index (χ4n) is 8.63. The Morgan fingerprint density at radius 2 is 0.673 bits per heavy atom. The van der Waals surface area contributed by atoms with Crippen LogP contribution in [0.5, 0.6) is 0 Å². The topological polar surface area (TPSA) is 14.8 Å². The summed E-state index contributed by atoms with van der Waals surface area (Å²) in [6.07, 6.45) is 0. The molecule has 52 heavy (non-hydrogen) atoms. The number of nitrogens with zero attached hydrogens (tertiary/aromatic N) is 3. The second-order valence-corrected chi connectivity index (χ2v) is 13.8. The molecule has 3 nitrogen and oxygen atoms in total. The maximum Gasteiger partial charge on any atom is 0.0541 e. The molecule has 0 N–H and O–H groups in total. The molecule has 0 atom stereocenters. The average molecular weight is 664 g/mol. The Balaban J connectivity index is 1.09. The minimum absolute atomic E-state index is 1.14. The van der Waals surface area contributed by atoms with E-state index in [1.165, 1.54) is 87.8 Å². The van der Waals surface area contributed by atoms with Crippen molar-refractivity contribution in [3.05, 3.63) is 188 Å². The first kappa shape index (κ1) is 28.9. The van der Waals surface area contributed by atoms with Gasteiger partial charge in [-0.1, -0.05) is 109 Å². The summed E-state index contributed by atoms with van der Waals surface area (Å²) < 4.78 is 7.23. The van der Waals surface area contributed by atoms with Crippen molar-refractivity contribution in [1.29, 1.82) is 0 Å². The van der Waals surface area contributed by atoms with Crippen LogP contribution >= 0.6 is 0 Å². The Morgan fingerprint density at radius 1 is 0.288 bits per heavy atom. The lowest BCUT2D eigenvalue weighted by Gasteiger charge is -2.13. The molecule has 3 aromatic heterocycles. The molecule has 11 aromatic rings. The van der Waals surface area contributed by atoms with E-state index in [1.54, 1.807) is 0 Å². The molecule has 0 aliphatic carbocycles. The summed E-state index contributed by atoms with van der Waals surface area (Å²) in [6.45, 7) is 2.19. The van der Waals surface area contributed by atoms with E-state index in [9.17, 15) is 0 Å². The third kappa shape index (κ3) is 4.14. The number of aromatic nitrogens is 3. The van der Waals surface area contributed by atoms with Gasteiger partial charge in [0, 0.05) is 49.4 Å². The van der Waals surface area contributed by atoms with Gasteiger partial charge in [-0.05, 0) is 96.4 Å². The molecular formula is C49H33N3. The van der Waals surface area contributed by atoms with Crippen LogP contribution in [0.1, 0.15) is 5.56 Å². The van der Waals surface area contributed by atoms with Gasteiger partial charge < -0.3 is 13.7 Å². The highest BCUT2D eigenvalue weighted by molar-refractivity contribution is 6.13. The first-order valence-corrected chi connectivity index (χ1v) is 17.9. The third-order valence-electron chi connectivity index (χ3n) is 11.0. The minimum atomic E-state index is 1.14. The van der Waals surface area contributed by atoms with Crippen molar-refractivity contribution in [3.63, 3.8) is 0 Å². The van der Waals surface area contributed by atoms with Gasteiger partial charge in [0.15, 0.2) is 0 Å². The van der Waals surface area contributed by atoms with Crippen LogP contribution in [-0.2, 0) is 0 Å². The summed E-state index contributed by atoms with van der Waals surface area (Å²) in [5, 5.41) is 7.57. The van der Waals surface area contributed by atoms with Crippen molar-refractivity contribution in [2.45, 2.75) is 6.92 Å². The molecule has 0 saturated heterocycles. The van der Waals surface area contributed by atoms with E-state index in [1.807, 2.05) is 0 Å². The Kier molecular flexibility index (Phi) is 6.17. The molecule has 0 bridgehead atoms. The van der Waals surface area contributed by atoms with E-state index in [-0.39, 0.29) is 0 Å². The van der Waals surface area contributed by atoms with Gasteiger partial charge in [-0.2, -0.15) is 0 Å². The van der Waals surface area contributed by atoms with E-state index in [4.69, 9.17) is 0 Å². The third-order valence-corrected chi connectivity index (χ3v) is 11.0. The van der Waals surface area contributed by atoms with Crippen LogP contribution in [0.25, 0.3) is 93.6 Å². The Bertz CT molecular complexity index is 3150. The number of hydrogen-bond acceptors (Lipinski definition) is 0. The zero-order chi connectivity index (χ0) is 34.3. The number of hydrogen-bond donors (Lipinski definition) is 0. The van der Waals surface area contributed by atoms with Gasteiger partial charge in [0.25, 0.3) is 0 Å². The molecule has 0 saturated carbocycles. The second-order valence-electron chi connectivity index (χ2n) is 13.8. The summed E-state index contributed by atoms with van der Waals surface area (Å²) >= 11 is 0. The van der Waals surface area contributed by atoms with Crippen LogP contribution in [0, 0.1) is 6.92 Å². The van der Waals surface area contributed by atoms with Crippen molar-refractivity contribution < 1.29 is 0 Å². The maximum atomic E-state index is 2.42. The van der Waals surface area contributed by atoms with Crippen molar-refractivity contribution in [2.24, 2.45) is 0 Å². The smallest absolute Gasteiger partial charge is 0.0541 e. The van der Waals surface area contributed by atoms with Crippen LogP contribution in [0.15, 0.2) is 182 Å². The molecule has 0 aliphatic rings. The summed E-state index contributed by atoms with van der Waals surface area (Å²) in [5.74, 6) is 0. The molecule has 0 amide bonds. The van der Waals surface area contributed by atoms with Crippen LogP contribution in [0.4, 0.5) is 0 Å². The predicted molar refractivity (Wildman–Crippen MR) is 220 cm³/mol. The molecule has 0 unspecified atom stereocenters. The van der Waals surface area contributed by atoms with Gasteiger partial charge >= 0.3 is 0 Å². The van der Waals surface area contributed by atoms with Crippen molar-refractivity contribution in [3.8, 4) is 28.2 Å². The van der Waals surface area contributed by atoms with E-state index in [2.05, 4.69) is 203 Å². The van der Waals surface area contributed by atoms with Gasteiger partial charge in [0.2, 0.25) is 0 Å². The largest absolute Gasteiger partial charge is 0.309 e. The molecule has 0 fully saturated rings. The lowest BCUT2D eigenvalue weighted by atomic mass is 10.0. The molecule has 11 rings (SSSR count). The normalized spacial score (nSPS) is 11.9. The standard InChI is InChI=1S/C49H33N3/c1-32-13-2-7-20-43(32)52-47-24-11-6-19-40(47)42-30-34(26-28-49(42)52)33-25-27-48-41(29-33)39-18-5-10-23-46(39)51(48)36-15-12-14-35(31-36)50-44-21-8-3-16-37(44)38-17-4-9-22-45(38)50/h2-31H,1H3. The molecule has 0 radical (unpaired) electrons. The SMILES string of the molecule is Cc1ccccc1-n1c2ccccc2c2cc(-c3ccc4c(c3)c3ccccc3n4-c3cccc(-n4c5ccccc5c5ccccc54)c3)ccc21. The highest BCUT2D eigenvalue weighted by Gasteiger charge is 2.18. The summed E-state index contributed by atoms with van der Waals surface area (Å²) in [5.41, 5.74) is 14.5. The molecule has 0 aliphatic heterocycles. The van der Waals surface area contributed by atoms with Crippen molar-refractivity contribution in [1.82, 2.24) is 13.7 Å².